The molecule has 0 fully saturated rings. The third-order valence-electron chi connectivity index (χ3n) is 3.63. The lowest BCUT2D eigenvalue weighted by Crippen LogP contribution is -2.17. The molecule has 0 bridgehead atoms. The highest BCUT2D eigenvalue weighted by Crippen LogP contribution is 2.17. The van der Waals surface area contributed by atoms with Gasteiger partial charge in [0.25, 0.3) is 0 Å². The number of nitrogens with one attached hydrogen (secondary N) is 2. The van der Waals surface area contributed by atoms with E-state index < -0.39 is 0 Å². The first-order valence-corrected chi connectivity index (χ1v) is 7.87. The molecule has 0 aliphatic carbocycles. The molecule has 2 aromatic rings. The van der Waals surface area contributed by atoms with Crippen molar-refractivity contribution in [2.45, 2.75) is 20.4 Å². The molecular formula is C19H25N3O. The highest BCUT2D eigenvalue weighted by Gasteiger charge is 2.06. The zero-order valence-electron chi connectivity index (χ0n) is 14.3. The number of carbonyl (C=O) groups is 1. The van der Waals surface area contributed by atoms with Crippen LogP contribution in [0.4, 0.5) is 17.1 Å². The molecule has 0 spiro atoms. The maximum atomic E-state index is 11.7. The Hall–Kier alpha value is -2.49. The summed E-state index contributed by atoms with van der Waals surface area (Å²) in [4.78, 5) is 13.7. The second-order valence-electron chi connectivity index (χ2n) is 6.14. The molecule has 4 nitrogen and oxygen atoms in total. The van der Waals surface area contributed by atoms with Crippen LogP contribution in [0.3, 0.4) is 0 Å². The van der Waals surface area contributed by atoms with Crippen molar-refractivity contribution in [2.75, 3.05) is 29.6 Å². The van der Waals surface area contributed by atoms with E-state index in [9.17, 15) is 4.79 Å². The van der Waals surface area contributed by atoms with Crippen LogP contribution < -0.4 is 15.5 Å². The minimum absolute atomic E-state index is 0.0158. The molecule has 2 aromatic carbocycles. The van der Waals surface area contributed by atoms with Gasteiger partial charge in [0, 0.05) is 43.6 Å². The maximum absolute atomic E-state index is 11.7. The zero-order valence-corrected chi connectivity index (χ0v) is 14.3. The molecule has 122 valence electrons. The number of nitrogens with zero attached hydrogens (tertiary/aromatic N) is 1. The van der Waals surface area contributed by atoms with E-state index >= 15 is 0 Å². The zero-order chi connectivity index (χ0) is 16.8. The summed E-state index contributed by atoms with van der Waals surface area (Å²) in [6.45, 7) is 4.53. The fourth-order valence-corrected chi connectivity index (χ4v) is 2.07. The fourth-order valence-electron chi connectivity index (χ4n) is 2.07. The molecule has 0 radical (unpaired) electrons. The van der Waals surface area contributed by atoms with E-state index in [-0.39, 0.29) is 11.8 Å². The van der Waals surface area contributed by atoms with Gasteiger partial charge in [0.05, 0.1) is 0 Å². The second-order valence-corrected chi connectivity index (χ2v) is 6.14. The lowest BCUT2D eigenvalue weighted by molar-refractivity contribution is -0.118. The summed E-state index contributed by atoms with van der Waals surface area (Å²) in [5.41, 5.74) is 4.28. The van der Waals surface area contributed by atoms with Crippen LogP contribution in [0.25, 0.3) is 0 Å². The van der Waals surface area contributed by atoms with E-state index in [0.29, 0.717) is 0 Å². The molecule has 0 saturated carbocycles. The third kappa shape index (κ3) is 5.02. The first-order valence-electron chi connectivity index (χ1n) is 7.87. The van der Waals surface area contributed by atoms with Crippen molar-refractivity contribution in [3.05, 3.63) is 54.1 Å². The van der Waals surface area contributed by atoms with Crippen LogP contribution in [-0.2, 0) is 11.3 Å². The second kappa shape index (κ2) is 7.68. The topological polar surface area (TPSA) is 44.4 Å². The molecule has 4 heteroatoms. The Kier molecular flexibility index (Phi) is 5.63. The molecular weight excluding hydrogens is 286 g/mol. The summed E-state index contributed by atoms with van der Waals surface area (Å²) in [5.74, 6) is 0.0182. The molecule has 0 aliphatic heterocycles. The molecule has 0 aliphatic rings. The lowest BCUT2D eigenvalue weighted by atomic mass is 10.2. The van der Waals surface area contributed by atoms with E-state index in [1.165, 1.54) is 11.3 Å². The predicted molar refractivity (Wildman–Crippen MR) is 98.0 cm³/mol. The summed E-state index contributed by atoms with van der Waals surface area (Å²) in [7, 11) is 4.07. The third-order valence-corrected chi connectivity index (χ3v) is 3.63. The molecule has 0 aromatic heterocycles. The number of hydrogen-bond acceptors (Lipinski definition) is 3. The number of amides is 1. The lowest BCUT2D eigenvalue weighted by Gasteiger charge is -2.13. The highest BCUT2D eigenvalue weighted by atomic mass is 16.1. The normalized spacial score (nSPS) is 10.5. The van der Waals surface area contributed by atoms with Gasteiger partial charge in [0.2, 0.25) is 5.91 Å². The molecule has 0 saturated heterocycles. The number of benzene rings is 2. The maximum Gasteiger partial charge on any atom is 0.226 e. The van der Waals surface area contributed by atoms with Gasteiger partial charge in [-0.3, -0.25) is 4.79 Å². The molecule has 2 rings (SSSR count). The minimum atomic E-state index is -0.0158. The van der Waals surface area contributed by atoms with Crippen LogP contribution in [0.1, 0.15) is 19.4 Å². The van der Waals surface area contributed by atoms with Gasteiger partial charge in [-0.15, -0.1) is 0 Å². The standard InChI is InChI=1S/C19H25N3O/c1-14(2)19(23)21-17-9-7-16(8-10-17)20-13-15-5-11-18(12-6-15)22(3)4/h5-12,14,20H,13H2,1-4H3,(H,21,23). The van der Waals surface area contributed by atoms with Crippen molar-refractivity contribution >= 4 is 23.0 Å². The first kappa shape index (κ1) is 16.9. The summed E-state index contributed by atoms with van der Waals surface area (Å²) in [6.07, 6.45) is 0. The Bertz CT molecular complexity index is 631. The van der Waals surface area contributed by atoms with Gasteiger partial charge in [-0.05, 0) is 42.0 Å². The Labute approximate surface area is 138 Å². The Balaban J connectivity index is 1.89. The van der Waals surface area contributed by atoms with Crippen molar-refractivity contribution in [2.24, 2.45) is 5.92 Å². The summed E-state index contributed by atoms with van der Waals surface area (Å²) in [6, 6.07) is 16.3. The summed E-state index contributed by atoms with van der Waals surface area (Å²) >= 11 is 0. The van der Waals surface area contributed by atoms with Crippen molar-refractivity contribution < 1.29 is 4.79 Å². The SMILES string of the molecule is CC(C)C(=O)Nc1ccc(NCc2ccc(N(C)C)cc2)cc1. The number of carbonyl (C=O) groups excluding carboxylic acids is 1. The van der Waals surface area contributed by atoms with E-state index in [1.807, 2.05) is 52.2 Å². The quantitative estimate of drug-likeness (QED) is 0.849. The van der Waals surface area contributed by atoms with E-state index in [1.54, 1.807) is 0 Å². The molecule has 23 heavy (non-hydrogen) atoms. The van der Waals surface area contributed by atoms with Gasteiger partial charge in [0.1, 0.15) is 0 Å². The Morgan fingerprint density at radius 1 is 0.957 bits per heavy atom. The van der Waals surface area contributed by atoms with Gasteiger partial charge >= 0.3 is 0 Å². The smallest absolute Gasteiger partial charge is 0.226 e. The van der Waals surface area contributed by atoms with Crippen LogP contribution in [-0.4, -0.2) is 20.0 Å². The van der Waals surface area contributed by atoms with E-state index in [0.717, 1.165) is 17.9 Å². The largest absolute Gasteiger partial charge is 0.381 e. The molecule has 2 N–H and O–H groups in total. The average Bonchev–Trinajstić information content (AvgIpc) is 2.54. The summed E-state index contributed by atoms with van der Waals surface area (Å²) < 4.78 is 0. The van der Waals surface area contributed by atoms with Gasteiger partial charge < -0.3 is 15.5 Å². The van der Waals surface area contributed by atoms with Crippen LogP contribution in [0.2, 0.25) is 0 Å². The fraction of sp³-hybridized carbons (Fsp3) is 0.316. The van der Waals surface area contributed by atoms with Crippen LogP contribution in [0, 0.1) is 5.92 Å². The van der Waals surface area contributed by atoms with Gasteiger partial charge in [-0.25, -0.2) is 0 Å². The van der Waals surface area contributed by atoms with Crippen molar-refractivity contribution in [1.29, 1.82) is 0 Å². The van der Waals surface area contributed by atoms with Gasteiger partial charge in [-0.1, -0.05) is 26.0 Å². The van der Waals surface area contributed by atoms with Crippen LogP contribution >= 0.6 is 0 Å². The predicted octanol–water partition coefficient (Wildman–Crippen LogP) is 3.96. The number of rotatable bonds is 6. The number of hydrogen-bond donors (Lipinski definition) is 2. The van der Waals surface area contributed by atoms with Crippen molar-refractivity contribution in [1.82, 2.24) is 0 Å². The molecule has 0 unspecified atom stereocenters. The minimum Gasteiger partial charge on any atom is -0.381 e. The summed E-state index contributed by atoms with van der Waals surface area (Å²) in [5, 5.41) is 6.27. The first-order chi connectivity index (χ1) is 11.0. The molecule has 0 atom stereocenters. The Morgan fingerprint density at radius 2 is 1.52 bits per heavy atom. The molecule has 1 amide bonds. The van der Waals surface area contributed by atoms with Crippen molar-refractivity contribution in [3.63, 3.8) is 0 Å². The van der Waals surface area contributed by atoms with Gasteiger partial charge in [-0.2, -0.15) is 0 Å². The van der Waals surface area contributed by atoms with Gasteiger partial charge in [0.15, 0.2) is 0 Å². The molecule has 0 heterocycles. The van der Waals surface area contributed by atoms with Crippen molar-refractivity contribution in [3.8, 4) is 0 Å². The van der Waals surface area contributed by atoms with E-state index in [2.05, 4.69) is 39.8 Å². The number of anilines is 3. The monoisotopic (exact) mass is 311 g/mol. The Morgan fingerprint density at radius 3 is 2.04 bits per heavy atom. The van der Waals surface area contributed by atoms with E-state index in [4.69, 9.17) is 0 Å². The van der Waals surface area contributed by atoms with Crippen LogP contribution in [0.15, 0.2) is 48.5 Å². The average molecular weight is 311 g/mol. The highest BCUT2D eigenvalue weighted by molar-refractivity contribution is 5.92. The van der Waals surface area contributed by atoms with Crippen LogP contribution in [0.5, 0.6) is 0 Å².